The summed E-state index contributed by atoms with van der Waals surface area (Å²) in [6.07, 6.45) is 0. The molecule has 0 bridgehead atoms. The minimum absolute atomic E-state index is 0.00706. The first-order valence-electron chi connectivity index (χ1n) is 12.9. The van der Waals surface area contributed by atoms with Gasteiger partial charge in [0, 0.05) is 22.1 Å². The van der Waals surface area contributed by atoms with Crippen molar-refractivity contribution in [2.24, 2.45) is 0 Å². The molecule has 1 atom stereocenters. The molecular formula is C30H35Cl2N3O5S. The number of benzene rings is 3. The van der Waals surface area contributed by atoms with Crippen LogP contribution in [0, 0.1) is 6.92 Å². The van der Waals surface area contributed by atoms with E-state index in [2.05, 4.69) is 5.32 Å². The highest BCUT2D eigenvalue weighted by atomic mass is 35.5. The number of halogens is 2. The molecule has 0 aliphatic carbocycles. The number of aryl methyl sites for hydroxylation is 1. The Morgan fingerprint density at radius 3 is 2.22 bits per heavy atom. The number of carbonyl (C=O) groups is 2. The van der Waals surface area contributed by atoms with Crippen LogP contribution in [0.3, 0.4) is 0 Å². The SMILES string of the molecule is COc1ccccc1N(CC(=O)N(Cc1ccc(Cl)cc1Cl)C(C)C(=O)NC(C)(C)C)S(=O)(=O)c1ccc(C)cc1. The van der Waals surface area contributed by atoms with Crippen LogP contribution in [0.4, 0.5) is 5.69 Å². The molecule has 1 unspecified atom stereocenters. The number of amides is 2. The van der Waals surface area contributed by atoms with Gasteiger partial charge in [0.2, 0.25) is 11.8 Å². The van der Waals surface area contributed by atoms with Gasteiger partial charge in [0.1, 0.15) is 18.3 Å². The van der Waals surface area contributed by atoms with E-state index in [9.17, 15) is 18.0 Å². The molecule has 41 heavy (non-hydrogen) atoms. The lowest BCUT2D eigenvalue weighted by atomic mass is 10.1. The van der Waals surface area contributed by atoms with E-state index in [4.69, 9.17) is 27.9 Å². The fourth-order valence-electron chi connectivity index (χ4n) is 4.08. The average molecular weight is 621 g/mol. The highest BCUT2D eigenvalue weighted by Gasteiger charge is 2.34. The quantitative estimate of drug-likeness (QED) is 0.308. The summed E-state index contributed by atoms with van der Waals surface area (Å²) in [5.41, 5.74) is 1.05. The molecule has 0 saturated heterocycles. The fraction of sp³-hybridized carbons (Fsp3) is 0.333. The molecule has 0 saturated carbocycles. The Morgan fingerprint density at radius 2 is 1.63 bits per heavy atom. The Bertz CT molecular complexity index is 1510. The zero-order valence-corrected chi connectivity index (χ0v) is 26.3. The molecular weight excluding hydrogens is 585 g/mol. The molecule has 3 aromatic carbocycles. The van der Waals surface area contributed by atoms with Gasteiger partial charge in [-0.1, -0.05) is 59.1 Å². The maximum absolute atomic E-state index is 14.1. The van der Waals surface area contributed by atoms with E-state index < -0.39 is 40.0 Å². The minimum atomic E-state index is -4.23. The number of methoxy groups -OCH3 is 1. The number of ether oxygens (including phenoxy) is 1. The standard InChI is InChI=1S/C30H35Cl2N3O5S/c1-20-11-15-24(16-12-20)41(38,39)35(26-9-7-8-10-27(26)40-6)19-28(36)34(21(2)29(37)33-30(3,4)5)18-22-13-14-23(31)17-25(22)32/h7-17,21H,18-19H2,1-6H3,(H,33,37). The zero-order valence-electron chi connectivity index (χ0n) is 23.9. The predicted octanol–water partition coefficient (Wildman–Crippen LogP) is 5.84. The molecule has 3 rings (SSSR count). The number of rotatable bonds is 10. The number of sulfonamides is 1. The van der Waals surface area contributed by atoms with Crippen LogP contribution in [0.15, 0.2) is 71.6 Å². The Labute approximate surface area is 252 Å². The first-order valence-corrected chi connectivity index (χ1v) is 15.1. The Hall–Kier alpha value is -3.27. The third-order valence-electron chi connectivity index (χ3n) is 6.26. The first kappa shape index (κ1) is 32.2. The van der Waals surface area contributed by atoms with Crippen LogP contribution < -0.4 is 14.4 Å². The summed E-state index contributed by atoms with van der Waals surface area (Å²) in [6, 6.07) is 16.8. The first-order chi connectivity index (χ1) is 19.1. The number of carbonyl (C=O) groups excluding carboxylic acids is 2. The fourth-order valence-corrected chi connectivity index (χ4v) is 5.97. The number of nitrogens with zero attached hydrogens (tertiary/aromatic N) is 2. The Balaban J connectivity index is 2.10. The molecule has 0 aliphatic heterocycles. The number of nitrogens with one attached hydrogen (secondary N) is 1. The van der Waals surface area contributed by atoms with Gasteiger partial charge in [0.15, 0.2) is 0 Å². The second-order valence-electron chi connectivity index (χ2n) is 10.7. The summed E-state index contributed by atoms with van der Waals surface area (Å²) in [4.78, 5) is 28.6. The lowest BCUT2D eigenvalue weighted by Gasteiger charge is -2.34. The summed E-state index contributed by atoms with van der Waals surface area (Å²) >= 11 is 12.5. The van der Waals surface area contributed by atoms with Crippen molar-refractivity contribution in [3.05, 3.63) is 87.9 Å². The molecule has 0 spiro atoms. The summed E-state index contributed by atoms with van der Waals surface area (Å²) in [6.45, 7) is 8.27. The third kappa shape index (κ3) is 8.15. The van der Waals surface area contributed by atoms with Crippen molar-refractivity contribution in [2.45, 2.75) is 57.6 Å². The van der Waals surface area contributed by atoms with Crippen molar-refractivity contribution in [1.29, 1.82) is 0 Å². The normalized spacial score (nSPS) is 12.4. The van der Waals surface area contributed by atoms with Crippen LogP contribution in [-0.4, -0.2) is 50.4 Å². The maximum atomic E-state index is 14.1. The molecule has 220 valence electrons. The average Bonchev–Trinajstić information content (AvgIpc) is 2.90. The number of hydrogen-bond acceptors (Lipinski definition) is 5. The van der Waals surface area contributed by atoms with Crippen molar-refractivity contribution >= 4 is 50.7 Å². The monoisotopic (exact) mass is 619 g/mol. The van der Waals surface area contributed by atoms with E-state index in [-0.39, 0.29) is 22.9 Å². The van der Waals surface area contributed by atoms with Crippen LogP contribution in [0.25, 0.3) is 0 Å². The largest absolute Gasteiger partial charge is 0.495 e. The zero-order chi connectivity index (χ0) is 30.5. The molecule has 11 heteroatoms. The van der Waals surface area contributed by atoms with Crippen LogP contribution >= 0.6 is 23.2 Å². The summed E-state index contributed by atoms with van der Waals surface area (Å²) in [5, 5.41) is 3.62. The van der Waals surface area contributed by atoms with E-state index >= 15 is 0 Å². The van der Waals surface area contributed by atoms with Crippen molar-refractivity contribution in [1.82, 2.24) is 10.2 Å². The molecule has 0 aliphatic rings. The van der Waals surface area contributed by atoms with Crippen LogP contribution in [0.1, 0.15) is 38.8 Å². The highest BCUT2D eigenvalue weighted by Crippen LogP contribution is 2.33. The van der Waals surface area contributed by atoms with Crippen molar-refractivity contribution in [2.75, 3.05) is 18.0 Å². The number of anilines is 1. The number of para-hydroxylation sites is 2. The van der Waals surface area contributed by atoms with Crippen molar-refractivity contribution in [3.8, 4) is 5.75 Å². The van der Waals surface area contributed by atoms with E-state index in [0.717, 1.165) is 9.87 Å². The van der Waals surface area contributed by atoms with Gasteiger partial charge in [-0.2, -0.15) is 0 Å². The second-order valence-corrected chi connectivity index (χ2v) is 13.4. The molecule has 2 amide bonds. The molecule has 0 aromatic heterocycles. The third-order valence-corrected chi connectivity index (χ3v) is 8.62. The van der Waals surface area contributed by atoms with Gasteiger partial charge < -0.3 is 15.0 Å². The van der Waals surface area contributed by atoms with Gasteiger partial charge in [-0.3, -0.25) is 13.9 Å². The molecule has 3 aromatic rings. The molecule has 0 heterocycles. The minimum Gasteiger partial charge on any atom is -0.495 e. The lowest BCUT2D eigenvalue weighted by Crippen LogP contribution is -2.54. The number of hydrogen-bond donors (Lipinski definition) is 1. The van der Waals surface area contributed by atoms with Crippen LogP contribution in [0.5, 0.6) is 5.75 Å². The van der Waals surface area contributed by atoms with Gasteiger partial charge in [-0.25, -0.2) is 8.42 Å². The Kier molecular flexibility index (Phi) is 10.3. The summed E-state index contributed by atoms with van der Waals surface area (Å²) < 4.78 is 34.5. The van der Waals surface area contributed by atoms with Gasteiger partial charge in [-0.15, -0.1) is 0 Å². The molecule has 0 fully saturated rings. The Morgan fingerprint density at radius 1 is 1.00 bits per heavy atom. The van der Waals surface area contributed by atoms with Gasteiger partial charge in [0.25, 0.3) is 10.0 Å². The van der Waals surface area contributed by atoms with Crippen molar-refractivity contribution < 1.29 is 22.7 Å². The van der Waals surface area contributed by atoms with Crippen LogP contribution in [-0.2, 0) is 26.2 Å². The van der Waals surface area contributed by atoms with E-state index in [0.29, 0.717) is 15.6 Å². The summed E-state index contributed by atoms with van der Waals surface area (Å²) in [5.74, 6) is -0.753. The topological polar surface area (TPSA) is 96.0 Å². The van der Waals surface area contributed by atoms with E-state index in [1.54, 1.807) is 61.5 Å². The lowest BCUT2D eigenvalue weighted by molar-refractivity contribution is -0.140. The van der Waals surface area contributed by atoms with Crippen molar-refractivity contribution in [3.63, 3.8) is 0 Å². The summed E-state index contributed by atoms with van der Waals surface area (Å²) in [7, 11) is -2.81. The second kappa shape index (κ2) is 13.1. The van der Waals surface area contributed by atoms with E-state index in [1.165, 1.54) is 24.1 Å². The molecule has 1 N–H and O–H groups in total. The molecule has 0 radical (unpaired) electrons. The van der Waals surface area contributed by atoms with Crippen LogP contribution in [0.2, 0.25) is 10.0 Å². The smallest absolute Gasteiger partial charge is 0.264 e. The van der Waals surface area contributed by atoms with Gasteiger partial charge in [-0.05, 0) is 76.6 Å². The predicted molar refractivity (Wildman–Crippen MR) is 163 cm³/mol. The molecule has 8 nitrogen and oxygen atoms in total. The van der Waals surface area contributed by atoms with Gasteiger partial charge in [0.05, 0.1) is 17.7 Å². The van der Waals surface area contributed by atoms with E-state index in [1.807, 2.05) is 27.7 Å². The highest BCUT2D eigenvalue weighted by molar-refractivity contribution is 7.92. The van der Waals surface area contributed by atoms with Gasteiger partial charge >= 0.3 is 0 Å². The maximum Gasteiger partial charge on any atom is 0.264 e.